The summed E-state index contributed by atoms with van der Waals surface area (Å²) in [6.45, 7) is 9.80. The Morgan fingerprint density at radius 2 is 1.88 bits per heavy atom. The number of aromatic nitrogens is 2. The molecule has 1 aromatic carbocycles. The maximum absolute atomic E-state index is 6.07. The van der Waals surface area contributed by atoms with Gasteiger partial charge in [0.1, 0.15) is 0 Å². The molecule has 2 fully saturated rings. The minimum absolute atomic E-state index is 0.497. The third-order valence-corrected chi connectivity index (χ3v) is 6.25. The first kappa shape index (κ1) is 18.0. The zero-order valence-corrected chi connectivity index (χ0v) is 16.5. The number of hydrogen-bond donors (Lipinski definition) is 0. The number of para-hydroxylation sites is 1. The van der Waals surface area contributed by atoms with Crippen LogP contribution in [0.15, 0.2) is 24.3 Å². The number of ether oxygens (including phenoxy) is 1. The Bertz CT molecular complexity index is 726. The lowest BCUT2D eigenvalue weighted by Crippen LogP contribution is -2.47. The molecule has 0 amide bonds. The van der Waals surface area contributed by atoms with Crippen molar-refractivity contribution in [1.82, 2.24) is 14.7 Å². The zero-order chi connectivity index (χ0) is 18.1. The number of aryl methyl sites for hydroxylation is 1. The van der Waals surface area contributed by atoms with Crippen molar-refractivity contribution < 1.29 is 4.74 Å². The standard InChI is InChI=1S/C22H33N3O/c1-4-11-26-20-12-18-9-10-19(13-20)24(18)14-16(2)15-25-22-8-6-5-7-21(22)17(3)23-25/h5-8,16,18-20H,4,9-15H2,1-3H3/t16-,18?,19?,20?/m1/s1. The summed E-state index contributed by atoms with van der Waals surface area (Å²) in [7, 11) is 0. The van der Waals surface area contributed by atoms with Crippen LogP contribution in [0.1, 0.15) is 51.6 Å². The van der Waals surface area contributed by atoms with Gasteiger partial charge in [-0.25, -0.2) is 0 Å². The zero-order valence-electron chi connectivity index (χ0n) is 16.5. The van der Waals surface area contributed by atoms with Crippen molar-refractivity contribution in [2.45, 2.75) is 77.6 Å². The second-order valence-electron chi connectivity index (χ2n) is 8.44. The van der Waals surface area contributed by atoms with E-state index in [2.05, 4.69) is 54.6 Å². The minimum Gasteiger partial charge on any atom is -0.378 e. The Labute approximate surface area is 157 Å². The average Bonchev–Trinajstić information content (AvgIpc) is 3.06. The van der Waals surface area contributed by atoms with Gasteiger partial charge >= 0.3 is 0 Å². The van der Waals surface area contributed by atoms with Crippen molar-refractivity contribution in [3.8, 4) is 0 Å². The first-order valence-corrected chi connectivity index (χ1v) is 10.4. The second kappa shape index (κ2) is 7.69. The summed E-state index contributed by atoms with van der Waals surface area (Å²) in [5.74, 6) is 0.605. The molecule has 0 aliphatic carbocycles. The average molecular weight is 356 g/mol. The maximum Gasteiger partial charge on any atom is 0.0685 e. The van der Waals surface area contributed by atoms with Gasteiger partial charge in [0.2, 0.25) is 0 Å². The van der Waals surface area contributed by atoms with Crippen LogP contribution in [0.25, 0.3) is 10.9 Å². The lowest BCUT2D eigenvalue weighted by Gasteiger charge is -2.40. The molecular weight excluding hydrogens is 322 g/mol. The fourth-order valence-electron chi connectivity index (χ4n) is 5.09. The molecule has 0 N–H and O–H groups in total. The fourth-order valence-corrected chi connectivity index (χ4v) is 5.09. The number of nitrogens with zero attached hydrogens (tertiary/aromatic N) is 3. The van der Waals surface area contributed by atoms with Gasteiger partial charge in [-0.2, -0.15) is 5.10 Å². The molecule has 0 saturated carbocycles. The molecule has 142 valence electrons. The van der Waals surface area contributed by atoms with E-state index in [1.54, 1.807) is 0 Å². The van der Waals surface area contributed by atoms with Gasteiger partial charge in [0.25, 0.3) is 0 Å². The molecule has 1 aromatic heterocycles. The van der Waals surface area contributed by atoms with Crippen molar-refractivity contribution in [2.24, 2.45) is 5.92 Å². The van der Waals surface area contributed by atoms with Gasteiger partial charge in [-0.3, -0.25) is 9.58 Å². The van der Waals surface area contributed by atoms with E-state index in [0.29, 0.717) is 12.0 Å². The van der Waals surface area contributed by atoms with Crippen LogP contribution < -0.4 is 0 Å². The molecule has 2 aliphatic rings. The molecule has 0 radical (unpaired) electrons. The van der Waals surface area contributed by atoms with E-state index in [1.165, 1.54) is 43.1 Å². The van der Waals surface area contributed by atoms with Crippen molar-refractivity contribution in [3.05, 3.63) is 30.0 Å². The van der Waals surface area contributed by atoms with E-state index in [9.17, 15) is 0 Å². The Kier molecular flexibility index (Phi) is 5.32. The minimum atomic E-state index is 0.497. The molecule has 0 spiro atoms. The van der Waals surface area contributed by atoms with Crippen LogP contribution in [-0.4, -0.2) is 46.0 Å². The van der Waals surface area contributed by atoms with E-state index < -0.39 is 0 Å². The topological polar surface area (TPSA) is 30.3 Å². The van der Waals surface area contributed by atoms with E-state index in [-0.39, 0.29) is 0 Å². The Morgan fingerprint density at radius 3 is 2.62 bits per heavy atom. The largest absolute Gasteiger partial charge is 0.378 e. The van der Waals surface area contributed by atoms with Crippen molar-refractivity contribution in [1.29, 1.82) is 0 Å². The summed E-state index contributed by atoms with van der Waals surface area (Å²) in [4.78, 5) is 2.79. The Hall–Kier alpha value is -1.39. The van der Waals surface area contributed by atoms with E-state index in [1.807, 2.05) is 0 Å². The Balaban J connectivity index is 1.39. The number of rotatable bonds is 7. The van der Waals surface area contributed by atoms with Crippen molar-refractivity contribution in [3.63, 3.8) is 0 Å². The third kappa shape index (κ3) is 3.54. The summed E-state index contributed by atoms with van der Waals surface area (Å²) in [6.07, 6.45) is 6.79. The van der Waals surface area contributed by atoms with Crippen LogP contribution in [0.4, 0.5) is 0 Å². The van der Waals surface area contributed by atoms with Gasteiger partial charge in [0.05, 0.1) is 17.3 Å². The molecule has 2 saturated heterocycles. The number of hydrogen-bond acceptors (Lipinski definition) is 3. The molecule has 3 atom stereocenters. The van der Waals surface area contributed by atoms with Gasteiger partial charge in [0.15, 0.2) is 0 Å². The summed E-state index contributed by atoms with van der Waals surface area (Å²) in [5.41, 5.74) is 2.41. The summed E-state index contributed by atoms with van der Waals surface area (Å²) in [5, 5.41) is 6.09. The highest BCUT2D eigenvalue weighted by Crippen LogP contribution is 2.37. The molecule has 2 aromatic rings. The van der Waals surface area contributed by atoms with E-state index >= 15 is 0 Å². The summed E-state index contributed by atoms with van der Waals surface area (Å²) in [6, 6.07) is 10.1. The number of fused-ring (bicyclic) bond motifs is 3. The number of piperidine rings is 1. The van der Waals surface area contributed by atoms with Crippen LogP contribution in [0.5, 0.6) is 0 Å². The van der Waals surface area contributed by atoms with Gasteiger partial charge < -0.3 is 4.74 Å². The molecule has 4 nitrogen and oxygen atoms in total. The molecule has 2 unspecified atom stereocenters. The maximum atomic E-state index is 6.07. The Morgan fingerprint density at radius 1 is 1.15 bits per heavy atom. The smallest absolute Gasteiger partial charge is 0.0685 e. The molecule has 4 heteroatoms. The monoisotopic (exact) mass is 355 g/mol. The van der Waals surface area contributed by atoms with Crippen molar-refractivity contribution >= 4 is 10.9 Å². The van der Waals surface area contributed by atoms with Gasteiger partial charge in [-0.05, 0) is 51.0 Å². The quantitative estimate of drug-likeness (QED) is 0.737. The molecule has 3 heterocycles. The third-order valence-electron chi connectivity index (χ3n) is 6.25. The van der Waals surface area contributed by atoms with E-state index in [0.717, 1.165) is 37.4 Å². The highest BCUT2D eigenvalue weighted by Gasteiger charge is 2.41. The highest BCUT2D eigenvalue weighted by molar-refractivity contribution is 5.81. The molecule has 4 rings (SSSR count). The van der Waals surface area contributed by atoms with Crippen LogP contribution in [0.2, 0.25) is 0 Å². The normalized spacial score (nSPS) is 27.3. The predicted molar refractivity (Wildman–Crippen MR) is 106 cm³/mol. The predicted octanol–water partition coefficient (Wildman–Crippen LogP) is 4.40. The fraction of sp³-hybridized carbons (Fsp3) is 0.682. The van der Waals surface area contributed by atoms with Crippen LogP contribution in [-0.2, 0) is 11.3 Å². The second-order valence-corrected chi connectivity index (χ2v) is 8.44. The molecule has 26 heavy (non-hydrogen) atoms. The van der Waals surface area contributed by atoms with Crippen LogP contribution in [0.3, 0.4) is 0 Å². The molecule has 2 bridgehead atoms. The lowest BCUT2D eigenvalue weighted by molar-refractivity contribution is -0.0237. The highest BCUT2D eigenvalue weighted by atomic mass is 16.5. The van der Waals surface area contributed by atoms with E-state index in [4.69, 9.17) is 9.84 Å². The van der Waals surface area contributed by atoms with Gasteiger partial charge in [0, 0.05) is 37.2 Å². The lowest BCUT2D eigenvalue weighted by atomic mass is 9.98. The SMILES string of the molecule is CCCOC1CC2CCC(C1)N2C[C@@H](C)Cn1nc(C)c2ccccc21. The summed E-state index contributed by atoms with van der Waals surface area (Å²) >= 11 is 0. The van der Waals surface area contributed by atoms with Crippen molar-refractivity contribution in [2.75, 3.05) is 13.2 Å². The first-order chi connectivity index (χ1) is 12.7. The first-order valence-electron chi connectivity index (χ1n) is 10.4. The number of benzene rings is 1. The van der Waals surface area contributed by atoms with Gasteiger partial charge in [-0.1, -0.05) is 32.0 Å². The van der Waals surface area contributed by atoms with Gasteiger partial charge in [-0.15, -0.1) is 0 Å². The summed E-state index contributed by atoms with van der Waals surface area (Å²) < 4.78 is 8.29. The molecule has 2 aliphatic heterocycles. The van der Waals surface area contributed by atoms with Crippen LogP contribution in [0, 0.1) is 12.8 Å². The molecular formula is C22H33N3O. The van der Waals surface area contributed by atoms with Crippen LogP contribution >= 0.6 is 0 Å².